The first-order chi connectivity index (χ1) is 14.9. The largest absolute Gasteiger partial charge is 0.484 e. The molecule has 1 aromatic carbocycles. The summed E-state index contributed by atoms with van der Waals surface area (Å²) in [4.78, 5) is 23.1. The number of hydrogen-bond acceptors (Lipinski definition) is 5. The molecule has 2 aromatic rings. The molecule has 1 amide bonds. The van der Waals surface area contributed by atoms with Crippen LogP contribution in [0.15, 0.2) is 34.7 Å². The Hall–Kier alpha value is -2.54. The smallest absolute Gasteiger partial charge is 0.287 e. The first-order valence-electron chi connectivity index (χ1n) is 10.8. The molecule has 4 bridgehead atoms. The Bertz CT molecular complexity index is 982. The average molecular weight is 445 g/mol. The zero-order chi connectivity index (χ0) is 21.6. The van der Waals surface area contributed by atoms with Crippen LogP contribution < -0.4 is 10.1 Å². The molecule has 1 heterocycles. The van der Waals surface area contributed by atoms with Crippen LogP contribution in [0.2, 0.25) is 5.02 Å². The quantitative estimate of drug-likeness (QED) is 0.457. The minimum atomic E-state index is -0.512. The first kappa shape index (κ1) is 20.4. The lowest BCUT2D eigenvalue weighted by molar-refractivity contribution is -0.384. The van der Waals surface area contributed by atoms with Gasteiger partial charge in [0.2, 0.25) is 0 Å². The number of furan rings is 1. The van der Waals surface area contributed by atoms with Gasteiger partial charge < -0.3 is 14.5 Å². The number of halogens is 1. The van der Waals surface area contributed by atoms with Crippen LogP contribution in [0.25, 0.3) is 0 Å². The highest BCUT2D eigenvalue weighted by molar-refractivity contribution is 6.32. The summed E-state index contributed by atoms with van der Waals surface area (Å²) in [5.41, 5.74) is 0.158. The van der Waals surface area contributed by atoms with Gasteiger partial charge in [-0.2, -0.15) is 0 Å². The molecule has 0 radical (unpaired) electrons. The van der Waals surface area contributed by atoms with Gasteiger partial charge in [0.15, 0.2) is 5.76 Å². The average Bonchev–Trinajstić information content (AvgIpc) is 3.19. The van der Waals surface area contributed by atoms with E-state index in [9.17, 15) is 14.9 Å². The molecule has 0 aliphatic heterocycles. The molecular formula is C23H25ClN2O5. The minimum Gasteiger partial charge on any atom is -0.484 e. The third-order valence-corrected chi connectivity index (χ3v) is 7.48. The van der Waals surface area contributed by atoms with Gasteiger partial charge >= 0.3 is 0 Å². The maximum absolute atomic E-state index is 12.7. The molecule has 1 aromatic heterocycles. The lowest BCUT2D eigenvalue weighted by Gasteiger charge is -2.56. The minimum absolute atomic E-state index is 0.0170. The number of ether oxygens (including phenoxy) is 1. The Morgan fingerprint density at radius 1 is 1.16 bits per heavy atom. The number of benzene rings is 1. The predicted octanol–water partition coefficient (Wildman–Crippen LogP) is 5.37. The van der Waals surface area contributed by atoms with E-state index < -0.39 is 4.92 Å². The lowest BCUT2D eigenvalue weighted by Crippen LogP contribution is -2.51. The fourth-order valence-electron chi connectivity index (χ4n) is 6.30. The molecule has 31 heavy (non-hydrogen) atoms. The van der Waals surface area contributed by atoms with Crippen LogP contribution in [0, 0.1) is 33.3 Å². The van der Waals surface area contributed by atoms with E-state index in [0.717, 1.165) is 17.8 Å². The van der Waals surface area contributed by atoms with E-state index >= 15 is 0 Å². The molecule has 0 spiro atoms. The molecule has 4 fully saturated rings. The topological polar surface area (TPSA) is 94.6 Å². The van der Waals surface area contributed by atoms with Crippen molar-refractivity contribution in [1.29, 1.82) is 0 Å². The van der Waals surface area contributed by atoms with Crippen molar-refractivity contribution in [3.63, 3.8) is 0 Å². The number of nitrogens with zero attached hydrogens (tertiary/aromatic N) is 1. The number of hydrogen-bond donors (Lipinski definition) is 1. The van der Waals surface area contributed by atoms with Crippen molar-refractivity contribution in [3.05, 3.63) is 57.0 Å². The van der Waals surface area contributed by atoms with Crippen LogP contribution in [-0.2, 0) is 6.61 Å². The van der Waals surface area contributed by atoms with Crippen molar-refractivity contribution in [2.45, 2.75) is 45.1 Å². The van der Waals surface area contributed by atoms with E-state index in [1.165, 1.54) is 56.7 Å². The van der Waals surface area contributed by atoms with Crippen LogP contribution in [-0.4, -0.2) is 17.4 Å². The molecule has 4 aliphatic carbocycles. The molecule has 164 valence electrons. The van der Waals surface area contributed by atoms with Gasteiger partial charge in [-0.05, 0) is 79.9 Å². The summed E-state index contributed by atoms with van der Waals surface area (Å²) in [6.07, 6.45) is 7.84. The maximum atomic E-state index is 12.7. The van der Waals surface area contributed by atoms with Gasteiger partial charge in [0.05, 0.1) is 16.0 Å². The number of nitro benzene ring substituents is 1. The van der Waals surface area contributed by atoms with E-state index in [0.29, 0.717) is 12.3 Å². The molecule has 8 heteroatoms. The molecule has 6 rings (SSSR count). The van der Waals surface area contributed by atoms with E-state index in [2.05, 4.69) is 5.32 Å². The van der Waals surface area contributed by atoms with Crippen molar-refractivity contribution >= 4 is 23.2 Å². The van der Waals surface area contributed by atoms with Crippen molar-refractivity contribution in [1.82, 2.24) is 5.32 Å². The van der Waals surface area contributed by atoms with Crippen molar-refractivity contribution < 1.29 is 18.9 Å². The molecule has 7 nitrogen and oxygen atoms in total. The van der Waals surface area contributed by atoms with Gasteiger partial charge in [0.1, 0.15) is 18.1 Å². The number of nitrogens with one attached hydrogen (secondary N) is 1. The summed E-state index contributed by atoms with van der Waals surface area (Å²) in [5.74, 6) is 3.20. The van der Waals surface area contributed by atoms with Crippen LogP contribution in [0.4, 0.5) is 5.69 Å². The Balaban J connectivity index is 1.18. The molecule has 1 N–H and O–H groups in total. The monoisotopic (exact) mass is 444 g/mol. The Labute approximate surface area is 185 Å². The second-order valence-corrected chi connectivity index (χ2v) is 9.93. The Kier molecular flexibility index (Phi) is 5.16. The van der Waals surface area contributed by atoms with Crippen LogP contribution in [0.5, 0.6) is 5.75 Å². The van der Waals surface area contributed by atoms with Crippen molar-refractivity contribution in [2.24, 2.45) is 23.2 Å². The molecule has 0 saturated heterocycles. The summed E-state index contributed by atoms with van der Waals surface area (Å²) in [6, 6.07) is 7.30. The first-order valence-corrected chi connectivity index (χ1v) is 11.2. The SMILES string of the molecule is O=C(NCC12CC3CC(CC(C3)C1)C2)c1ccc(COc2cc([N+](=O)[O-])ccc2Cl)o1. The highest BCUT2D eigenvalue weighted by atomic mass is 35.5. The summed E-state index contributed by atoms with van der Waals surface area (Å²) in [6.45, 7) is 0.730. The summed E-state index contributed by atoms with van der Waals surface area (Å²) >= 11 is 6.05. The van der Waals surface area contributed by atoms with E-state index in [1.807, 2.05) is 0 Å². The highest BCUT2D eigenvalue weighted by Crippen LogP contribution is 2.59. The number of amides is 1. The van der Waals surface area contributed by atoms with Gasteiger partial charge in [0, 0.05) is 12.6 Å². The van der Waals surface area contributed by atoms with Crippen LogP contribution >= 0.6 is 11.6 Å². The van der Waals surface area contributed by atoms with Gasteiger partial charge in [-0.1, -0.05) is 11.6 Å². The highest BCUT2D eigenvalue weighted by Gasteiger charge is 2.50. The molecule has 4 aliphatic rings. The zero-order valence-electron chi connectivity index (χ0n) is 17.1. The van der Waals surface area contributed by atoms with E-state index in [4.69, 9.17) is 20.8 Å². The predicted molar refractivity (Wildman–Crippen MR) is 114 cm³/mol. The van der Waals surface area contributed by atoms with Gasteiger partial charge in [-0.25, -0.2) is 0 Å². The molecule has 0 atom stereocenters. The van der Waals surface area contributed by atoms with Crippen LogP contribution in [0.3, 0.4) is 0 Å². The molecule has 0 unspecified atom stereocenters. The second kappa shape index (κ2) is 7.86. The van der Waals surface area contributed by atoms with Gasteiger partial charge in [-0.15, -0.1) is 0 Å². The lowest BCUT2D eigenvalue weighted by atomic mass is 9.49. The Morgan fingerprint density at radius 3 is 2.48 bits per heavy atom. The Morgan fingerprint density at radius 2 is 1.84 bits per heavy atom. The maximum Gasteiger partial charge on any atom is 0.287 e. The van der Waals surface area contributed by atoms with E-state index in [-0.39, 0.29) is 40.1 Å². The second-order valence-electron chi connectivity index (χ2n) is 9.53. The number of nitro groups is 1. The van der Waals surface area contributed by atoms with E-state index in [1.54, 1.807) is 12.1 Å². The number of carbonyl (C=O) groups is 1. The van der Waals surface area contributed by atoms with Crippen molar-refractivity contribution in [2.75, 3.05) is 6.54 Å². The number of carbonyl (C=O) groups excluding carboxylic acids is 1. The fourth-order valence-corrected chi connectivity index (χ4v) is 6.48. The summed E-state index contributed by atoms with van der Waals surface area (Å²) < 4.78 is 11.2. The number of rotatable bonds is 7. The third-order valence-electron chi connectivity index (χ3n) is 7.17. The van der Waals surface area contributed by atoms with Crippen LogP contribution in [0.1, 0.15) is 54.8 Å². The summed E-state index contributed by atoms with van der Waals surface area (Å²) in [5, 5.41) is 14.3. The van der Waals surface area contributed by atoms with Crippen molar-refractivity contribution in [3.8, 4) is 5.75 Å². The summed E-state index contributed by atoms with van der Waals surface area (Å²) in [7, 11) is 0. The number of non-ortho nitro benzene ring substituents is 1. The zero-order valence-corrected chi connectivity index (χ0v) is 17.9. The third kappa shape index (κ3) is 4.15. The molecule has 4 saturated carbocycles. The van der Waals surface area contributed by atoms with Gasteiger partial charge in [0.25, 0.3) is 11.6 Å². The standard InChI is InChI=1S/C23H25ClN2O5/c24-19-3-1-17(26(28)29)8-21(19)30-12-18-2-4-20(31-18)22(27)25-13-23-9-14-5-15(10-23)7-16(6-14)11-23/h1-4,8,14-16H,5-7,9-13H2,(H,25,27). The fraction of sp³-hybridized carbons (Fsp3) is 0.522. The molecular weight excluding hydrogens is 420 g/mol. The normalized spacial score (nSPS) is 28.5. The van der Waals surface area contributed by atoms with Gasteiger partial charge in [-0.3, -0.25) is 14.9 Å².